The maximum atomic E-state index is 5.51. The van der Waals surface area contributed by atoms with Crippen molar-refractivity contribution in [2.24, 2.45) is 0 Å². The summed E-state index contributed by atoms with van der Waals surface area (Å²) in [4.78, 5) is 10.4. The zero-order chi connectivity index (χ0) is 13.5. The van der Waals surface area contributed by atoms with Gasteiger partial charge in [0.25, 0.3) is 0 Å². The highest BCUT2D eigenvalue weighted by molar-refractivity contribution is 7.14. The standard InChI is InChI=1S/C15H11N3OS/c1-10-6-7-13(20-10)18-14-11(4-2-8-16-14)17-15(18)12-5-3-9-19-12/h2-9H,1H3. The molecule has 0 bridgehead atoms. The topological polar surface area (TPSA) is 43.9 Å². The Balaban J connectivity index is 2.08. The van der Waals surface area contributed by atoms with Crippen LogP contribution in [-0.2, 0) is 0 Å². The van der Waals surface area contributed by atoms with Crippen molar-refractivity contribution in [1.82, 2.24) is 14.5 Å². The van der Waals surface area contributed by atoms with Crippen molar-refractivity contribution in [3.63, 3.8) is 0 Å². The second-order valence-electron chi connectivity index (χ2n) is 4.48. The Hall–Kier alpha value is -2.40. The predicted molar refractivity (Wildman–Crippen MR) is 79.2 cm³/mol. The van der Waals surface area contributed by atoms with E-state index in [1.54, 1.807) is 23.8 Å². The lowest BCUT2D eigenvalue weighted by atomic mass is 10.4. The number of aryl methyl sites for hydroxylation is 1. The number of nitrogens with zero attached hydrogens (tertiary/aromatic N) is 3. The van der Waals surface area contributed by atoms with E-state index in [9.17, 15) is 0 Å². The van der Waals surface area contributed by atoms with Crippen molar-refractivity contribution in [1.29, 1.82) is 0 Å². The number of furan rings is 1. The SMILES string of the molecule is Cc1ccc(-n2c(-c3ccco3)nc3cccnc32)s1. The van der Waals surface area contributed by atoms with Gasteiger partial charge in [0.05, 0.1) is 6.26 Å². The summed E-state index contributed by atoms with van der Waals surface area (Å²) < 4.78 is 7.56. The molecular formula is C15H11N3OS. The van der Waals surface area contributed by atoms with Crippen LogP contribution in [0.4, 0.5) is 0 Å². The van der Waals surface area contributed by atoms with E-state index in [0.717, 1.165) is 27.7 Å². The first-order chi connectivity index (χ1) is 9.83. The molecule has 4 rings (SSSR count). The number of hydrogen-bond donors (Lipinski definition) is 0. The van der Waals surface area contributed by atoms with Gasteiger partial charge in [-0.25, -0.2) is 9.97 Å². The van der Waals surface area contributed by atoms with E-state index in [1.165, 1.54) is 4.88 Å². The van der Waals surface area contributed by atoms with Gasteiger partial charge in [-0.2, -0.15) is 0 Å². The van der Waals surface area contributed by atoms with E-state index in [1.807, 2.05) is 28.8 Å². The third kappa shape index (κ3) is 1.67. The average molecular weight is 281 g/mol. The van der Waals surface area contributed by atoms with E-state index in [-0.39, 0.29) is 0 Å². The molecule has 5 heteroatoms. The number of thiophene rings is 1. The van der Waals surface area contributed by atoms with Gasteiger partial charge < -0.3 is 4.42 Å². The van der Waals surface area contributed by atoms with Crippen molar-refractivity contribution in [3.8, 4) is 16.6 Å². The Bertz CT molecular complexity index is 874. The summed E-state index contributed by atoms with van der Waals surface area (Å²) >= 11 is 1.71. The number of rotatable bonds is 2. The van der Waals surface area contributed by atoms with Crippen LogP contribution in [-0.4, -0.2) is 14.5 Å². The first kappa shape index (κ1) is 11.4. The van der Waals surface area contributed by atoms with E-state index < -0.39 is 0 Å². The molecular weight excluding hydrogens is 270 g/mol. The fraction of sp³-hybridized carbons (Fsp3) is 0.0667. The molecule has 0 saturated heterocycles. The molecule has 98 valence electrons. The van der Waals surface area contributed by atoms with Crippen molar-refractivity contribution < 1.29 is 4.42 Å². The van der Waals surface area contributed by atoms with Crippen LogP contribution in [0.2, 0.25) is 0 Å². The van der Waals surface area contributed by atoms with Gasteiger partial charge in [0, 0.05) is 11.1 Å². The molecule has 0 aliphatic rings. The molecule has 4 nitrogen and oxygen atoms in total. The number of imidazole rings is 1. The lowest BCUT2D eigenvalue weighted by molar-refractivity contribution is 0.576. The first-order valence-electron chi connectivity index (χ1n) is 6.27. The van der Waals surface area contributed by atoms with Crippen LogP contribution in [0.3, 0.4) is 0 Å². The monoisotopic (exact) mass is 281 g/mol. The van der Waals surface area contributed by atoms with Crippen molar-refractivity contribution >= 4 is 22.5 Å². The minimum Gasteiger partial charge on any atom is -0.461 e. The van der Waals surface area contributed by atoms with E-state index in [0.29, 0.717) is 0 Å². The molecule has 4 heterocycles. The number of fused-ring (bicyclic) bond motifs is 1. The lowest BCUT2D eigenvalue weighted by Gasteiger charge is -2.03. The molecule has 20 heavy (non-hydrogen) atoms. The number of aromatic nitrogens is 3. The summed E-state index contributed by atoms with van der Waals surface area (Å²) in [5, 5.41) is 1.09. The summed E-state index contributed by atoms with van der Waals surface area (Å²) in [6.45, 7) is 2.09. The summed E-state index contributed by atoms with van der Waals surface area (Å²) in [5.41, 5.74) is 1.71. The Labute approximate surface area is 119 Å². The fourth-order valence-electron chi connectivity index (χ4n) is 2.23. The van der Waals surface area contributed by atoms with Crippen LogP contribution in [0.15, 0.2) is 53.3 Å². The number of hydrogen-bond acceptors (Lipinski definition) is 4. The summed E-state index contributed by atoms with van der Waals surface area (Å²) in [6, 6.07) is 11.8. The van der Waals surface area contributed by atoms with Gasteiger partial charge in [-0.15, -0.1) is 11.3 Å². The zero-order valence-electron chi connectivity index (χ0n) is 10.8. The average Bonchev–Trinajstić information content (AvgIpc) is 3.16. The molecule has 0 saturated carbocycles. The molecule has 0 aromatic carbocycles. The van der Waals surface area contributed by atoms with Gasteiger partial charge in [-0.1, -0.05) is 0 Å². The molecule has 0 N–H and O–H groups in total. The Kier molecular flexibility index (Phi) is 2.47. The van der Waals surface area contributed by atoms with Gasteiger partial charge in [0.1, 0.15) is 10.5 Å². The maximum Gasteiger partial charge on any atom is 0.183 e. The highest BCUT2D eigenvalue weighted by Crippen LogP contribution is 2.30. The summed E-state index contributed by atoms with van der Waals surface area (Å²) in [5.74, 6) is 1.53. The zero-order valence-corrected chi connectivity index (χ0v) is 11.6. The first-order valence-corrected chi connectivity index (χ1v) is 7.09. The van der Waals surface area contributed by atoms with Gasteiger partial charge in [0.2, 0.25) is 0 Å². The van der Waals surface area contributed by atoms with Crippen molar-refractivity contribution in [2.45, 2.75) is 6.92 Å². The molecule has 4 aromatic rings. The Morgan fingerprint density at radius 2 is 2.10 bits per heavy atom. The second-order valence-corrected chi connectivity index (χ2v) is 5.74. The van der Waals surface area contributed by atoms with Crippen molar-refractivity contribution in [2.75, 3.05) is 0 Å². The lowest BCUT2D eigenvalue weighted by Crippen LogP contribution is -1.95. The van der Waals surface area contributed by atoms with Crippen LogP contribution in [0.25, 0.3) is 27.7 Å². The molecule has 0 radical (unpaired) electrons. The van der Waals surface area contributed by atoms with Gasteiger partial charge >= 0.3 is 0 Å². The molecule has 0 fully saturated rings. The number of pyridine rings is 1. The van der Waals surface area contributed by atoms with Crippen LogP contribution in [0.1, 0.15) is 4.88 Å². The second kappa shape index (κ2) is 4.31. The van der Waals surface area contributed by atoms with E-state index >= 15 is 0 Å². The normalized spacial score (nSPS) is 11.2. The molecule has 0 aliphatic carbocycles. The quantitative estimate of drug-likeness (QED) is 0.556. The van der Waals surface area contributed by atoms with Crippen LogP contribution < -0.4 is 0 Å². The van der Waals surface area contributed by atoms with E-state index in [4.69, 9.17) is 4.42 Å². The third-order valence-electron chi connectivity index (χ3n) is 3.10. The van der Waals surface area contributed by atoms with Crippen LogP contribution in [0, 0.1) is 6.92 Å². The highest BCUT2D eigenvalue weighted by Gasteiger charge is 2.17. The summed E-state index contributed by atoms with van der Waals surface area (Å²) in [6.07, 6.45) is 3.44. The minimum atomic E-state index is 0.744. The smallest absolute Gasteiger partial charge is 0.183 e. The third-order valence-corrected chi connectivity index (χ3v) is 4.09. The minimum absolute atomic E-state index is 0.744. The largest absolute Gasteiger partial charge is 0.461 e. The molecule has 0 spiro atoms. The molecule has 0 unspecified atom stereocenters. The van der Waals surface area contributed by atoms with Gasteiger partial charge in [-0.05, 0) is 43.3 Å². The predicted octanol–water partition coefficient (Wildman–Crippen LogP) is 4.05. The molecule has 0 aliphatic heterocycles. The molecule has 0 amide bonds. The summed E-state index contributed by atoms with van der Waals surface area (Å²) in [7, 11) is 0. The van der Waals surface area contributed by atoms with Gasteiger partial charge in [-0.3, -0.25) is 4.57 Å². The highest BCUT2D eigenvalue weighted by atomic mass is 32.1. The molecule has 0 atom stereocenters. The maximum absolute atomic E-state index is 5.51. The Morgan fingerprint density at radius 3 is 2.85 bits per heavy atom. The van der Waals surface area contributed by atoms with Crippen LogP contribution >= 0.6 is 11.3 Å². The van der Waals surface area contributed by atoms with Gasteiger partial charge in [0.15, 0.2) is 17.2 Å². The van der Waals surface area contributed by atoms with Crippen molar-refractivity contribution in [3.05, 3.63) is 53.7 Å². The van der Waals surface area contributed by atoms with E-state index in [2.05, 4.69) is 29.0 Å². The Morgan fingerprint density at radius 1 is 1.15 bits per heavy atom. The molecule has 4 aromatic heterocycles. The van der Waals surface area contributed by atoms with Crippen LogP contribution in [0.5, 0.6) is 0 Å². The fourth-order valence-corrected chi connectivity index (χ4v) is 3.10.